The highest BCUT2D eigenvalue weighted by atomic mass is 79.9. The van der Waals surface area contributed by atoms with Gasteiger partial charge >= 0.3 is 0 Å². The molecular formula is C17H23BrN2O. The van der Waals surface area contributed by atoms with Gasteiger partial charge in [0.1, 0.15) is 0 Å². The van der Waals surface area contributed by atoms with Crippen molar-refractivity contribution in [2.75, 3.05) is 26.2 Å². The summed E-state index contributed by atoms with van der Waals surface area (Å²) in [5, 5.41) is 3.52. The molecule has 1 aromatic rings. The minimum Gasteiger partial charge on any atom is -0.338 e. The van der Waals surface area contributed by atoms with Gasteiger partial charge in [-0.25, -0.2) is 0 Å². The molecule has 21 heavy (non-hydrogen) atoms. The number of aryl methyl sites for hydroxylation is 1. The third kappa shape index (κ3) is 3.02. The largest absolute Gasteiger partial charge is 0.338 e. The standard InChI is InChI=1S/C17H23BrN2O/c1-13-5-2-6-14(15(13)18)16(21)20-10-4-8-17(12-20)7-3-9-19-11-17/h2,5-6,19H,3-4,7-12H2,1H3. The number of likely N-dealkylation sites (tertiary alicyclic amines) is 1. The van der Waals surface area contributed by atoms with Gasteiger partial charge in [0.05, 0.1) is 5.56 Å². The van der Waals surface area contributed by atoms with Gasteiger partial charge in [-0.2, -0.15) is 0 Å². The summed E-state index contributed by atoms with van der Waals surface area (Å²) in [6, 6.07) is 5.93. The maximum Gasteiger partial charge on any atom is 0.255 e. The van der Waals surface area contributed by atoms with Gasteiger partial charge in [-0.15, -0.1) is 0 Å². The van der Waals surface area contributed by atoms with E-state index in [0.29, 0.717) is 5.41 Å². The Balaban J connectivity index is 1.79. The molecule has 0 aliphatic carbocycles. The van der Waals surface area contributed by atoms with Crippen LogP contribution >= 0.6 is 15.9 Å². The Kier molecular flexibility index (Phi) is 4.36. The van der Waals surface area contributed by atoms with Crippen molar-refractivity contribution in [3.05, 3.63) is 33.8 Å². The first-order valence-corrected chi connectivity index (χ1v) is 8.66. The van der Waals surface area contributed by atoms with E-state index in [4.69, 9.17) is 0 Å². The second-order valence-electron chi connectivity index (χ2n) is 6.55. The van der Waals surface area contributed by atoms with E-state index in [1.54, 1.807) is 0 Å². The van der Waals surface area contributed by atoms with Gasteiger partial charge in [0, 0.05) is 29.5 Å². The highest BCUT2D eigenvalue weighted by Gasteiger charge is 2.38. The highest BCUT2D eigenvalue weighted by molar-refractivity contribution is 9.10. The molecule has 114 valence electrons. The maximum atomic E-state index is 12.9. The van der Waals surface area contributed by atoms with Crippen molar-refractivity contribution in [2.45, 2.75) is 32.6 Å². The molecule has 1 unspecified atom stereocenters. The van der Waals surface area contributed by atoms with Crippen LogP contribution in [0.15, 0.2) is 22.7 Å². The average Bonchev–Trinajstić information content (AvgIpc) is 2.50. The van der Waals surface area contributed by atoms with Gasteiger partial charge in [0.15, 0.2) is 0 Å². The molecule has 0 aromatic heterocycles. The SMILES string of the molecule is Cc1cccc(C(=O)N2CCCC3(CCCNC3)C2)c1Br. The number of rotatable bonds is 1. The first kappa shape index (κ1) is 15.0. The molecule has 2 heterocycles. The Morgan fingerprint density at radius 2 is 2.14 bits per heavy atom. The van der Waals surface area contributed by atoms with E-state index in [0.717, 1.165) is 48.2 Å². The predicted octanol–water partition coefficient (Wildman–Crippen LogP) is 3.36. The van der Waals surface area contributed by atoms with Crippen molar-refractivity contribution >= 4 is 21.8 Å². The number of benzene rings is 1. The van der Waals surface area contributed by atoms with Crippen LogP contribution in [0.1, 0.15) is 41.6 Å². The number of amides is 1. The van der Waals surface area contributed by atoms with E-state index in [-0.39, 0.29) is 5.91 Å². The number of carbonyl (C=O) groups is 1. The molecule has 0 bridgehead atoms. The van der Waals surface area contributed by atoms with Crippen LogP contribution < -0.4 is 5.32 Å². The molecule has 1 spiro atoms. The monoisotopic (exact) mass is 350 g/mol. The summed E-state index contributed by atoms with van der Waals surface area (Å²) in [5.41, 5.74) is 2.23. The van der Waals surface area contributed by atoms with Crippen LogP contribution in [0.2, 0.25) is 0 Å². The molecule has 1 N–H and O–H groups in total. The number of nitrogens with one attached hydrogen (secondary N) is 1. The zero-order valence-electron chi connectivity index (χ0n) is 12.6. The highest BCUT2D eigenvalue weighted by Crippen LogP contribution is 2.36. The second kappa shape index (κ2) is 6.09. The van der Waals surface area contributed by atoms with Crippen LogP contribution in [-0.2, 0) is 0 Å². The summed E-state index contributed by atoms with van der Waals surface area (Å²) in [7, 11) is 0. The average molecular weight is 351 g/mol. The zero-order chi connectivity index (χ0) is 14.9. The Bertz CT molecular complexity index is 532. The van der Waals surface area contributed by atoms with Crippen molar-refractivity contribution in [1.29, 1.82) is 0 Å². The van der Waals surface area contributed by atoms with Crippen LogP contribution in [0.5, 0.6) is 0 Å². The first-order chi connectivity index (χ1) is 10.1. The van der Waals surface area contributed by atoms with Crippen LogP contribution in [0.3, 0.4) is 0 Å². The fraction of sp³-hybridized carbons (Fsp3) is 0.588. The number of piperidine rings is 2. The molecule has 1 amide bonds. The van der Waals surface area contributed by atoms with Crippen molar-refractivity contribution in [3.8, 4) is 0 Å². The molecule has 3 rings (SSSR count). The molecule has 4 heteroatoms. The quantitative estimate of drug-likeness (QED) is 0.842. The van der Waals surface area contributed by atoms with Crippen LogP contribution in [0, 0.1) is 12.3 Å². The zero-order valence-corrected chi connectivity index (χ0v) is 14.2. The number of halogens is 1. The van der Waals surface area contributed by atoms with Crippen molar-refractivity contribution in [1.82, 2.24) is 10.2 Å². The fourth-order valence-corrected chi connectivity index (χ4v) is 4.18. The van der Waals surface area contributed by atoms with Crippen molar-refractivity contribution < 1.29 is 4.79 Å². The van der Waals surface area contributed by atoms with Gasteiger partial charge in [-0.1, -0.05) is 12.1 Å². The van der Waals surface area contributed by atoms with E-state index in [1.165, 1.54) is 19.3 Å². The predicted molar refractivity (Wildman–Crippen MR) is 88.6 cm³/mol. The maximum absolute atomic E-state index is 12.9. The summed E-state index contributed by atoms with van der Waals surface area (Å²) >= 11 is 3.58. The smallest absolute Gasteiger partial charge is 0.255 e. The molecule has 2 saturated heterocycles. The second-order valence-corrected chi connectivity index (χ2v) is 7.34. The van der Waals surface area contributed by atoms with Crippen molar-refractivity contribution in [2.24, 2.45) is 5.41 Å². The van der Waals surface area contributed by atoms with Gasteiger partial charge < -0.3 is 10.2 Å². The Hall–Kier alpha value is -0.870. The van der Waals surface area contributed by atoms with Gasteiger partial charge in [0.2, 0.25) is 0 Å². The lowest BCUT2D eigenvalue weighted by Gasteiger charge is -2.45. The Morgan fingerprint density at radius 1 is 1.33 bits per heavy atom. The molecule has 1 aromatic carbocycles. The number of hydrogen-bond acceptors (Lipinski definition) is 2. The van der Waals surface area contributed by atoms with Crippen LogP contribution in [0.25, 0.3) is 0 Å². The van der Waals surface area contributed by atoms with E-state index in [9.17, 15) is 4.79 Å². The molecule has 3 nitrogen and oxygen atoms in total. The molecular weight excluding hydrogens is 328 g/mol. The lowest BCUT2D eigenvalue weighted by Crippen LogP contribution is -2.52. The van der Waals surface area contributed by atoms with E-state index in [1.807, 2.05) is 25.1 Å². The summed E-state index contributed by atoms with van der Waals surface area (Å²) in [6.07, 6.45) is 4.85. The topological polar surface area (TPSA) is 32.3 Å². The minimum atomic E-state index is 0.176. The lowest BCUT2D eigenvalue weighted by atomic mass is 9.74. The molecule has 1 atom stereocenters. The van der Waals surface area contributed by atoms with Crippen LogP contribution in [-0.4, -0.2) is 37.0 Å². The summed E-state index contributed by atoms with van der Waals surface area (Å²) in [4.78, 5) is 14.9. The molecule has 2 aliphatic rings. The number of carbonyl (C=O) groups excluding carboxylic acids is 1. The summed E-state index contributed by atoms with van der Waals surface area (Å²) in [5.74, 6) is 0.176. The third-order valence-electron chi connectivity index (χ3n) is 4.93. The molecule has 2 aliphatic heterocycles. The number of nitrogens with zero attached hydrogens (tertiary/aromatic N) is 1. The van der Waals surface area contributed by atoms with Crippen molar-refractivity contribution in [3.63, 3.8) is 0 Å². The normalized spacial score (nSPS) is 26.1. The van der Waals surface area contributed by atoms with E-state index in [2.05, 4.69) is 26.1 Å². The van der Waals surface area contributed by atoms with Gasteiger partial charge in [-0.3, -0.25) is 4.79 Å². The van der Waals surface area contributed by atoms with Gasteiger partial charge in [0.25, 0.3) is 5.91 Å². The molecule has 0 radical (unpaired) electrons. The number of hydrogen-bond donors (Lipinski definition) is 1. The minimum absolute atomic E-state index is 0.176. The fourth-order valence-electron chi connectivity index (χ4n) is 3.74. The summed E-state index contributed by atoms with van der Waals surface area (Å²) in [6.45, 7) is 6.01. The molecule has 2 fully saturated rings. The Labute approximate surface area is 135 Å². The molecule has 0 saturated carbocycles. The lowest BCUT2D eigenvalue weighted by molar-refractivity contribution is 0.0433. The van der Waals surface area contributed by atoms with Crippen LogP contribution in [0.4, 0.5) is 0 Å². The Morgan fingerprint density at radius 3 is 2.90 bits per heavy atom. The van der Waals surface area contributed by atoms with Gasteiger partial charge in [-0.05, 0) is 66.7 Å². The first-order valence-electron chi connectivity index (χ1n) is 7.86. The van der Waals surface area contributed by atoms with E-state index < -0.39 is 0 Å². The third-order valence-corrected chi connectivity index (χ3v) is 5.98. The summed E-state index contributed by atoms with van der Waals surface area (Å²) < 4.78 is 0.941. The van der Waals surface area contributed by atoms with E-state index >= 15 is 0 Å².